The van der Waals surface area contributed by atoms with Crippen molar-refractivity contribution in [2.45, 2.75) is 13.0 Å². The van der Waals surface area contributed by atoms with Crippen LogP contribution in [0.1, 0.15) is 24.2 Å². The number of hydrogen-bond donors (Lipinski definition) is 0. The van der Waals surface area contributed by atoms with E-state index in [1.54, 1.807) is 0 Å². The van der Waals surface area contributed by atoms with Gasteiger partial charge in [-0.25, -0.2) is 4.79 Å². The fraction of sp³-hybridized carbons (Fsp3) is 0.235. The van der Waals surface area contributed by atoms with E-state index in [1.165, 1.54) is 0 Å². The van der Waals surface area contributed by atoms with Crippen LogP contribution in [0.4, 0.5) is 0 Å². The smallest absolute Gasteiger partial charge is 0.333 e. The predicted molar refractivity (Wildman–Crippen MR) is 77.3 cm³/mol. The zero-order valence-electron chi connectivity index (χ0n) is 11.5. The summed E-state index contributed by atoms with van der Waals surface area (Å²) in [6.45, 7) is 2.32. The molecule has 3 heteroatoms. The average Bonchev–Trinajstić information content (AvgIpc) is 2.52. The maximum atomic E-state index is 11.8. The fourth-order valence-corrected chi connectivity index (χ4v) is 1.94. The van der Waals surface area contributed by atoms with E-state index in [-0.39, 0.29) is 12.6 Å². The zero-order chi connectivity index (χ0) is 14.2. The van der Waals surface area contributed by atoms with Gasteiger partial charge in [0.2, 0.25) is 0 Å². The van der Waals surface area contributed by atoms with Gasteiger partial charge in [-0.05, 0) is 18.1 Å². The topological polar surface area (TPSA) is 35.5 Å². The summed E-state index contributed by atoms with van der Waals surface area (Å²) >= 11 is 0. The molecule has 0 aliphatic rings. The summed E-state index contributed by atoms with van der Waals surface area (Å²) in [5.74, 6) is -0.357. The Morgan fingerprint density at radius 1 is 0.950 bits per heavy atom. The zero-order valence-corrected chi connectivity index (χ0v) is 11.5. The largest absolute Gasteiger partial charge is 0.451 e. The highest BCUT2D eigenvalue weighted by Gasteiger charge is 2.18. The van der Waals surface area contributed by atoms with E-state index in [9.17, 15) is 4.79 Å². The maximum absolute atomic E-state index is 11.8. The van der Waals surface area contributed by atoms with E-state index < -0.39 is 6.10 Å². The standard InChI is InChI=1S/C17H18O3/c1-2-19-13-16(18)20-17(14-9-5-3-6-10-14)15-11-7-4-8-12-15/h3-12,17H,2,13H2,1H3. The first-order chi connectivity index (χ1) is 9.81. The molecular formula is C17H18O3. The Morgan fingerprint density at radius 2 is 1.45 bits per heavy atom. The molecule has 0 atom stereocenters. The SMILES string of the molecule is CCOCC(=O)OC(c1ccccc1)c1ccccc1. The third kappa shape index (κ3) is 3.93. The van der Waals surface area contributed by atoms with Crippen LogP contribution in [0.2, 0.25) is 0 Å². The fourth-order valence-electron chi connectivity index (χ4n) is 1.94. The normalized spacial score (nSPS) is 10.5. The summed E-state index contributed by atoms with van der Waals surface area (Å²) in [5.41, 5.74) is 1.90. The lowest BCUT2D eigenvalue weighted by Crippen LogP contribution is -2.17. The van der Waals surface area contributed by atoms with Crippen molar-refractivity contribution < 1.29 is 14.3 Å². The van der Waals surface area contributed by atoms with Crippen molar-refractivity contribution in [3.05, 3.63) is 71.8 Å². The highest BCUT2D eigenvalue weighted by atomic mass is 16.6. The third-order valence-corrected chi connectivity index (χ3v) is 2.88. The Morgan fingerprint density at radius 3 is 1.90 bits per heavy atom. The van der Waals surface area contributed by atoms with Gasteiger partial charge >= 0.3 is 5.97 Å². The number of rotatable bonds is 6. The van der Waals surface area contributed by atoms with Crippen molar-refractivity contribution in [3.63, 3.8) is 0 Å². The monoisotopic (exact) mass is 270 g/mol. The molecule has 0 unspecified atom stereocenters. The van der Waals surface area contributed by atoms with Crippen LogP contribution in [0.3, 0.4) is 0 Å². The Balaban J connectivity index is 2.19. The molecule has 0 spiro atoms. The van der Waals surface area contributed by atoms with Crippen LogP contribution in [-0.2, 0) is 14.3 Å². The van der Waals surface area contributed by atoms with Gasteiger partial charge in [-0.15, -0.1) is 0 Å². The number of benzene rings is 2. The third-order valence-electron chi connectivity index (χ3n) is 2.88. The summed E-state index contributed by atoms with van der Waals surface area (Å²) in [5, 5.41) is 0. The van der Waals surface area contributed by atoms with Crippen molar-refractivity contribution >= 4 is 5.97 Å². The van der Waals surface area contributed by atoms with Crippen molar-refractivity contribution in [3.8, 4) is 0 Å². The van der Waals surface area contributed by atoms with Crippen LogP contribution in [0.15, 0.2) is 60.7 Å². The molecule has 2 aromatic rings. The molecule has 0 amide bonds. The first-order valence-corrected chi connectivity index (χ1v) is 6.68. The first-order valence-electron chi connectivity index (χ1n) is 6.68. The number of esters is 1. The molecule has 0 saturated heterocycles. The molecule has 0 radical (unpaired) electrons. The van der Waals surface area contributed by atoms with Crippen molar-refractivity contribution in [2.24, 2.45) is 0 Å². The molecule has 0 N–H and O–H groups in total. The highest BCUT2D eigenvalue weighted by molar-refractivity contribution is 5.71. The summed E-state index contributed by atoms with van der Waals surface area (Å²) in [6.07, 6.45) is -0.398. The minimum Gasteiger partial charge on any atom is -0.451 e. The number of carbonyl (C=O) groups excluding carboxylic acids is 1. The van der Waals surface area contributed by atoms with Crippen LogP contribution in [0.5, 0.6) is 0 Å². The Bertz CT molecular complexity index is 483. The van der Waals surface area contributed by atoms with Gasteiger partial charge in [-0.3, -0.25) is 0 Å². The van der Waals surface area contributed by atoms with Gasteiger partial charge in [0.15, 0.2) is 6.10 Å². The van der Waals surface area contributed by atoms with Gasteiger partial charge in [0, 0.05) is 6.61 Å². The molecular weight excluding hydrogens is 252 g/mol. The van der Waals surface area contributed by atoms with Crippen LogP contribution < -0.4 is 0 Å². The number of hydrogen-bond acceptors (Lipinski definition) is 3. The van der Waals surface area contributed by atoms with Crippen LogP contribution in [-0.4, -0.2) is 19.2 Å². The molecule has 0 fully saturated rings. The van der Waals surface area contributed by atoms with Crippen LogP contribution in [0.25, 0.3) is 0 Å². The van der Waals surface area contributed by atoms with E-state index >= 15 is 0 Å². The van der Waals surface area contributed by atoms with Crippen LogP contribution in [0, 0.1) is 0 Å². The Kier molecular flexibility index (Phi) is 5.33. The molecule has 20 heavy (non-hydrogen) atoms. The molecule has 0 aromatic heterocycles. The second-order valence-corrected chi connectivity index (χ2v) is 4.33. The molecule has 104 valence electrons. The molecule has 2 rings (SSSR count). The molecule has 3 nitrogen and oxygen atoms in total. The maximum Gasteiger partial charge on any atom is 0.333 e. The molecule has 0 bridgehead atoms. The van der Waals surface area contributed by atoms with Gasteiger partial charge in [0.05, 0.1) is 0 Å². The first kappa shape index (κ1) is 14.3. The molecule has 0 aliphatic heterocycles. The Labute approximate surface area is 119 Å². The van der Waals surface area contributed by atoms with Crippen LogP contribution >= 0.6 is 0 Å². The van der Waals surface area contributed by atoms with E-state index in [0.717, 1.165) is 11.1 Å². The van der Waals surface area contributed by atoms with E-state index in [1.807, 2.05) is 67.6 Å². The number of ether oxygens (including phenoxy) is 2. The van der Waals surface area contributed by atoms with Crippen molar-refractivity contribution in [2.75, 3.05) is 13.2 Å². The minimum atomic E-state index is -0.398. The Hall–Kier alpha value is -2.13. The molecule has 0 saturated carbocycles. The van der Waals surface area contributed by atoms with Gasteiger partial charge < -0.3 is 9.47 Å². The van der Waals surface area contributed by atoms with E-state index in [4.69, 9.17) is 9.47 Å². The molecule has 2 aromatic carbocycles. The van der Waals surface area contributed by atoms with Crippen molar-refractivity contribution in [1.29, 1.82) is 0 Å². The lowest BCUT2D eigenvalue weighted by atomic mass is 10.0. The number of carbonyl (C=O) groups is 1. The summed E-state index contributed by atoms with van der Waals surface area (Å²) in [7, 11) is 0. The van der Waals surface area contributed by atoms with Gasteiger partial charge in [-0.2, -0.15) is 0 Å². The molecule has 0 aliphatic carbocycles. The van der Waals surface area contributed by atoms with Crippen molar-refractivity contribution in [1.82, 2.24) is 0 Å². The highest BCUT2D eigenvalue weighted by Crippen LogP contribution is 2.25. The minimum absolute atomic E-state index is 0.0212. The summed E-state index contributed by atoms with van der Waals surface area (Å²) in [4.78, 5) is 11.8. The van der Waals surface area contributed by atoms with E-state index in [2.05, 4.69) is 0 Å². The lowest BCUT2D eigenvalue weighted by molar-refractivity contribution is -0.152. The second-order valence-electron chi connectivity index (χ2n) is 4.33. The van der Waals surface area contributed by atoms with E-state index in [0.29, 0.717) is 6.61 Å². The predicted octanol–water partition coefficient (Wildman–Crippen LogP) is 3.36. The second kappa shape index (κ2) is 7.46. The van der Waals surface area contributed by atoms with Gasteiger partial charge in [0.25, 0.3) is 0 Å². The lowest BCUT2D eigenvalue weighted by Gasteiger charge is -2.18. The average molecular weight is 270 g/mol. The van der Waals surface area contributed by atoms with Gasteiger partial charge in [-0.1, -0.05) is 60.7 Å². The summed E-state index contributed by atoms with van der Waals surface area (Å²) in [6, 6.07) is 19.4. The quantitative estimate of drug-likeness (QED) is 0.755. The van der Waals surface area contributed by atoms with Gasteiger partial charge in [0.1, 0.15) is 6.61 Å². The molecule has 0 heterocycles. The summed E-state index contributed by atoms with van der Waals surface area (Å²) < 4.78 is 10.7.